The van der Waals surface area contributed by atoms with Crippen LogP contribution >= 0.6 is 11.6 Å². The number of alkyl halides is 3. The molecule has 4 nitrogen and oxygen atoms in total. The third kappa shape index (κ3) is 6.45. The van der Waals surface area contributed by atoms with Crippen LogP contribution in [0, 0.1) is 0 Å². The van der Waals surface area contributed by atoms with E-state index in [2.05, 4.69) is 0 Å². The third-order valence-corrected chi connectivity index (χ3v) is 4.19. The summed E-state index contributed by atoms with van der Waals surface area (Å²) in [5.74, 6) is -1.18. The lowest BCUT2D eigenvalue weighted by molar-refractivity contribution is -0.306. The molecule has 1 atom stereocenters. The van der Waals surface area contributed by atoms with Crippen LogP contribution in [0.1, 0.15) is 23.7 Å². The highest BCUT2D eigenvalue weighted by atomic mass is 35.5. The molecule has 0 amide bonds. The fourth-order valence-electron chi connectivity index (χ4n) is 2.56. The fourth-order valence-corrected chi connectivity index (χ4v) is 2.78. The number of carbonyl (C=O) groups excluding carboxylic acids is 1. The Morgan fingerprint density at radius 1 is 1.22 bits per heavy atom. The Morgan fingerprint density at radius 2 is 1.89 bits per heavy atom. The number of hydrogen-bond acceptors (Lipinski definition) is 4. The minimum Gasteiger partial charge on any atom is -0.549 e. The third-order valence-electron chi connectivity index (χ3n) is 3.86. The lowest BCUT2D eigenvalue weighted by atomic mass is 10.1. The summed E-state index contributed by atoms with van der Waals surface area (Å²) < 4.78 is 45.0. The number of ether oxygens (including phenoxy) is 1. The van der Waals surface area contributed by atoms with Crippen molar-refractivity contribution in [1.29, 1.82) is 0 Å². The van der Waals surface area contributed by atoms with Gasteiger partial charge < -0.3 is 19.5 Å². The number of carboxylic acids is 1. The molecule has 146 valence electrons. The Morgan fingerprint density at radius 3 is 2.48 bits per heavy atom. The predicted octanol–water partition coefficient (Wildman–Crippen LogP) is 3.55. The highest BCUT2D eigenvalue weighted by molar-refractivity contribution is 6.31. The smallest absolute Gasteiger partial charge is 0.417 e. The first-order valence-electron chi connectivity index (χ1n) is 8.13. The Labute approximate surface area is 160 Å². The van der Waals surface area contributed by atoms with Crippen molar-refractivity contribution < 1.29 is 27.8 Å². The number of hydrogen-bond donors (Lipinski definition) is 0. The van der Waals surface area contributed by atoms with Crippen LogP contribution in [0.25, 0.3) is 0 Å². The Bertz CT molecular complexity index is 769. The highest BCUT2D eigenvalue weighted by Gasteiger charge is 2.33. The van der Waals surface area contributed by atoms with Crippen molar-refractivity contribution in [3.05, 3.63) is 64.7 Å². The van der Waals surface area contributed by atoms with E-state index in [4.69, 9.17) is 16.3 Å². The summed E-state index contributed by atoms with van der Waals surface area (Å²) in [6, 6.07) is 12.4. The van der Waals surface area contributed by atoms with E-state index in [0.717, 1.165) is 17.7 Å². The summed E-state index contributed by atoms with van der Waals surface area (Å²) in [7, 11) is 1.61. The van der Waals surface area contributed by atoms with Crippen molar-refractivity contribution in [2.24, 2.45) is 0 Å². The molecule has 2 rings (SSSR count). The van der Waals surface area contributed by atoms with Crippen LogP contribution in [0.2, 0.25) is 5.02 Å². The normalized spacial score (nSPS) is 12.8. The van der Waals surface area contributed by atoms with Crippen LogP contribution in [-0.2, 0) is 11.0 Å². The van der Waals surface area contributed by atoms with Gasteiger partial charge >= 0.3 is 6.18 Å². The predicted molar refractivity (Wildman–Crippen MR) is 93.4 cm³/mol. The maximum absolute atomic E-state index is 13.1. The summed E-state index contributed by atoms with van der Waals surface area (Å²) in [5, 5.41) is 10.3. The SMILES string of the molecule is CN(CCC(Oc1ccc(Cl)c(C(F)(F)F)c1)c1ccccc1)CC(=O)[O-]. The van der Waals surface area contributed by atoms with Gasteiger partial charge in [0.2, 0.25) is 0 Å². The summed E-state index contributed by atoms with van der Waals surface area (Å²) in [4.78, 5) is 12.2. The van der Waals surface area contributed by atoms with E-state index in [0.29, 0.717) is 13.0 Å². The second-order valence-corrected chi connectivity index (χ2v) is 6.46. The molecule has 27 heavy (non-hydrogen) atoms. The van der Waals surface area contributed by atoms with Crippen LogP contribution in [0.15, 0.2) is 48.5 Å². The number of carboxylic acid groups (broad SMARTS) is 1. The van der Waals surface area contributed by atoms with E-state index >= 15 is 0 Å². The molecule has 0 saturated heterocycles. The summed E-state index contributed by atoms with van der Waals surface area (Å²) in [6.45, 7) is 0.105. The molecule has 2 aromatic rings. The van der Waals surface area contributed by atoms with Crippen molar-refractivity contribution in [2.45, 2.75) is 18.7 Å². The van der Waals surface area contributed by atoms with E-state index in [-0.39, 0.29) is 12.3 Å². The average Bonchev–Trinajstić information content (AvgIpc) is 2.59. The Hall–Kier alpha value is -2.25. The number of likely N-dealkylation sites (N-methyl/N-ethyl adjacent to an activating group) is 1. The first-order chi connectivity index (χ1) is 12.7. The number of nitrogens with zero attached hydrogens (tertiary/aromatic N) is 1. The van der Waals surface area contributed by atoms with E-state index in [1.54, 1.807) is 31.3 Å². The lowest BCUT2D eigenvalue weighted by Crippen LogP contribution is -2.36. The Kier molecular flexibility index (Phi) is 7.10. The van der Waals surface area contributed by atoms with Gasteiger partial charge in [0.15, 0.2) is 0 Å². The molecule has 0 aliphatic carbocycles. The molecule has 0 spiro atoms. The van der Waals surface area contributed by atoms with Crippen LogP contribution in [0.5, 0.6) is 5.75 Å². The van der Waals surface area contributed by atoms with Crippen molar-refractivity contribution >= 4 is 17.6 Å². The first-order valence-corrected chi connectivity index (χ1v) is 8.51. The zero-order chi connectivity index (χ0) is 20.0. The second-order valence-electron chi connectivity index (χ2n) is 6.06. The zero-order valence-corrected chi connectivity index (χ0v) is 15.3. The molecule has 2 aromatic carbocycles. The van der Waals surface area contributed by atoms with E-state index in [1.165, 1.54) is 11.0 Å². The largest absolute Gasteiger partial charge is 0.549 e. The topological polar surface area (TPSA) is 52.6 Å². The van der Waals surface area contributed by atoms with Crippen LogP contribution in [-0.4, -0.2) is 31.0 Å². The molecule has 0 aromatic heterocycles. The minimum atomic E-state index is -4.59. The van der Waals surface area contributed by atoms with Gasteiger partial charge in [0, 0.05) is 19.5 Å². The van der Waals surface area contributed by atoms with Crippen molar-refractivity contribution in [1.82, 2.24) is 4.90 Å². The summed E-state index contributed by atoms with van der Waals surface area (Å²) >= 11 is 5.64. The monoisotopic (exact) mass is 400 g/mol. The molecule has 1 unspecified atom stereocenters. The minimum absolute atomic E-state index is 0.0307. The molecule has 0 aliphatic rings. The van der Waals surface area contributed by atoms with Gasteiger partial charge in [-0.3, -0.25) is 0 Å². The van der Waals surface area contributed by atoms with Gasteiger partial charge in [-0.2, -0.15) is 13.2 Å². The molecule has 0 N–H and O–H groups in total. The van der Waals surface area contributed by atoms with E-state index in [1.807, 2.05) is 6.07 Å². The van der Waals surface area contributed by atoms with Gasteiger partial charge in [-0.25, -0.2) is 0 Å². The van der Waals surface area contributed by atoms with Gasteiger partial charge in [-0.15, -0.1) is 0 Å². The number of rotatable bonds is 8. The second kappa shape index (κ2) is 9.10. The fraction of sp³-hybridized carbons (Fsp3) is 0.316. The van der Waals surface area contributed by atoms with Crippen molar-refractivity contribution in [3.8, 4) is 5.75 Å². The van der Waals surface area contributed by atoms with Crippen molar-refractivity contribution in [3.63, 3.8) is 0 Å². The molecule has 0 aliphatic heterocycles. The van der Waals surface area contributed by atoms with Gasteiger partial charge in [0.1, 0.15) is 11.9 Å². The van der Waals surface area contributed by atoms with Crippen LogP contribution in [0.3, 0.4) is 0 Å². The first kappa shape index (κ1) is 21.1. The van der Waals surface area contributed by atoms with Crippen LogP contribution < -0.4 is 9.84 Å². The molecular weight excluding hydrogens is 383 g/mol. The average molecular weight is 401 g/mol. The van der Waals surface area contributed by atoms with Gasteiger partial charge in [-0.1, -0.05) is 41.9 Å². The van der Waals surface area contributed by atoms with E-state index < -0.39 is 28.8 Å². The molecular formula is C19H18ClF3NO3-. The van der Waals surface area contributed by atoms with Gasteiger partial charge in [-0.05, 0) is 30.8 Å². The van der Waals surface area contributed by atoms with Crippen LogP contribution in [0.4, 0.5) is 13.2 Å². The molecule has 0 heterocycles. The van der Waals surface area contributed by atoms with Gasteiger partial charge in [0.05, 0.1) is 16.6 Å². The quantitative estimate of drug-likeness (QED) is 0.680. The van der Waals surface area contributed by atoms with Crippen molar-refractivity contribution in [2.75, 3.05) is 20.1 Å². The summed E-state index contributed by atoms with van der Waals surface area (Å²) in [5.41, 5.74) is -0.203. The molecule has 8 heteroatoms. The number of benzene rings is 2. The molecule has 0 fully saturated rings. The number of aliphatic carboxylic acids is 1. The lowest BCUT2D eigenvalue weighted by Gasteiger charge is -2.24. The number of halogens is 4. The highest BCUT2D eigenvalue weighted by Crippen LogP contribution is 2.37. The maximum Gasteiger partial charge on any atom is 0.417 e. The molecule has 0 radical (unpaired) electrons. The molecule has 0 saturated carbocycles. The number of carbonyl (C=O) groups is 1. The Balaban J connectivity index is 2.21. The van der Waals surface area contributed by atoms with E-state index in [9.17, 15) is 23.1 Å². The summed E-state index contributed by atoms with van der Waals surface area (Å²) in [6.07, 6.45) is -4.77. The maximum atomic E-state index is 13.1. The molecule has 0 bridgehead atoms. The zero-order valence-electron chi connectivity index (χ0n) is 14.5. The van der Waals surface area contributed by atoms with Gasteiger partial charge in [0.25, 0.3) is 0 Å². The standard InChI is InChI=1S/C19H19ClF3NO3/c1-24(12-18(25)26)10-9-17(13-5-3-2-4-6-13)27-14-7-8-16(20)15(11-14)19(21,22)23/h2-8,11,17H,9-10,12H2,1H3,(H,25,26)/p-1.